The van der Waals surface area contributed by atoms with Crippen LogP contribution in [0.25, 0.3) is 0 Å². The van der Waals surface area contributed by atoms with Crippen LogP contribution in [0.1, 0.15) is 67.9 Å². The van der Waals surface area contributed by atoms with Crippen LogP contribution in [0.2, 0.25) is 0 Å². The van der Waals surface area contributed by atoms with E-state index in [1.807, 2.05) is 58.0 Å². The van der Waals surface area contributed by atoms with Gasteiger partial charge < -0.3 is 25.2 Å². The number of aliphatic hydroxyl groups is 1. The standard InChI is InChI=1S/C30H47N3O7/c1-18(2)22(17-19(3)27(37)38)32(10)26(36)23(20(4)34)31-25(35)24(33(11)28(39)40-29(5,6)7)30(8,9)21-15-13-12-14-16-21/h12-18,20,22-24,34H,1-11H3,(H,31,35)(H,37,38)/t20-,22+,23-,24+/m0/s1. The highest BCUT2D eigenvalue weighted by molar-refractivity contribution is 5.93. The summed E-state index contributed by atoms with van der Waals surface area (Å²) in [4.78, 5) is 54.6. The van der Waals surface area contributed by atoms with Crippen LogP contribution in [0.3, 0.4) is 0 Å². The average Bonchev–Trinajstić information content (AvgIpc) is 2.83. The number of amides is 3. The molecule has 10 nitrogen and oxygen atoms in total. The van der Waals surface area contributed by atoms with Crippen molar-refractivity contribution in [1.82, 2.24) is 15.1 Å². The molecule has 0 bridgehead atoms. The Morgan fingerprint density at radius 2 is 1.48 bits per heavy atom. The smallest absolute Gasteiger partial charge is 0.410 e. The Labute approximate surface area is 238 Å². The average molecular weight is 562 g/mol. The highest BCUT2D eigenvalue weighted by Gasteiger charge is 2.44. The van der Waals surface area contributed by atoms with Crippen molar-refractivity contribution in [3.05, 3.63) is 47.5 Å². The fourth-order valence-electron chi connectivity index (χ4n) is 4.52. The molecule has 224 valence electrons. The molecule has 3 N–H and O–H groups in total. The van der Waals surface area contributed by atoms with Crippen molar-refractivity contribution in [2.45, 2.75) is 97.6 Å². The first kappa shape index (κ1) is 34.6. The van der Waals surface area contributed by atoms with Gasteiger partial charge in [0.1, 0.15) is 17.7 Å². The van der Waals surface area contributed by atoms with Crippen molar-refractivity contribution >= 4 is 23.9 Å². The molecule has 0 unspecified atom stereocenters. The van der Waals surface area contributed by atoms with Gasteiger partial charge in [0.15, 0.2) is 0 Å². The molecule has 0 aliphatic rings. The summed E-state index contributed by atoms with van der Waals surface area (Å²) in [5, 5.41) is 22.6. The van der Waals surface area contributed by atoms with Gasteiger partial charge in [-0.2, -0.15) is 0 Å². The molecule has 0 aliphatic carbocycles. The van der Waals surface area contributed by atoms with E-state index in [1.54, 1.807) is 20.8 Å². The van der Waals surface area contributed by atoms with E-state index < -0.39 is 59.1 Å². The lowest BCUT2D eigenvalue weighted by molar-refractivity contribution is -0.141. The van der Waals surface area contributed by atoms with Gasteiger partial charge in [-0.3, -0.25) is 14.5 Å². The number of carbonyl (C=O) groups excluding carboxylic acids is 3. The molecule has 0 saturated carbocycles. The van der Waals surface area contributed by atoms with E-state index in [0.29, 0.717) is 0 Å². The predicted octanol–water partition coefficient (Wildman–Crippen LogP) is 3.58. The van der Waals surface area contributed by atoms with Crippen LogP contribution in [0, 0.1) is 5.92 Å². The second-order valence-corrected chi connectivity index (χ2v) is 12.1. The zero-order valence-electron chi connectivity index (χ0n) is 25.7. The summed E-state index contributed by atoms with van der Waals surface area (Å²) >= 11 is 0. The van der Waals surface area contributed by atoms with Crippen LogP contribution in [0.4, 0.5) is 4.79 Å². The predicted molar refractivity (Wildman–Crippen MR) is 154 cm³/mol. The minimum absolute atomic E-state index is 0.0691. The number of ether oxygens (including phenoxy) is 1. The molecule has 1 aromatic carbocycles. The molecule has 4 atom stereocenters. The van der Waals surface area contributed by atoms with Gasteiger partial charge in [-0.1, -0.05) is 64.1 Å². The lowest BCUT2D eigenvalue weighted by Gasteiger charge is -2.41. The summed E-state index contributed by atoms with van der Waals surface area (Å²) in [5.74, 6) is -2.53. The van der Waals surface area contributed by atoms with Crippen molar-refractivity contribution < 1.29 is 34.1 Å². The Morgan fingerprint density at radius 1 is 0.950 bits per heavy atom. The first-order valence-corrected chi connectivity index (χ1v) is 13.4. The maximum Gasteiger partial charge on any atom is 0.410 e. The molecule has 0 radical (unpaired) electrons. The third-order valence-corrected chi connectivity index (χ3v) is 6.80. The van der Waals surface area contributed by atoms with Crippen LogP contribution in [-0.2, 0) is 24.5 Å². The number of carboxylic acid groups (broad SMARTS) is 1. The van der Waals surface area contributed by atoms with Crippen LogP contribution in [0.5, 0.6) is 0 Å². The molecule has 0 aliphatic heterocycles. The number of rotatable bonds is 11. The van der Waals surface area contributed by atoms with Gasteiger partial charge in [0, 0.05) is 25.1 Å². The van der Waals surface area contributed by atoms with Crippen LogP contribution in [0.15, 0.2) is 42.0 Å². The molecule has 0 saturated heterocycles. The number of hydrogen-bond donors (Lipinski definition) is 3. The van der Waals surface area contributed by atoms with Gasteiger partial charge >= 0.3 is 12.1 Å². The van der Waals surface area contributed by atoms with E-state index in [2.05, 4.69) is 5.32 Å². The number of carboxylic acids is 1. The second kappa shape index (κ2) is 13.8. The molecule has 1 rings (SSSR count). The van der Waals surface area contributed by atoms with E-state index in [4.69, 9.17) is 4.74 Å². The van der Waals surface area contributed by atoms with Crippen molar-refractivity contribution in [2.75, 3.05) is 14.1 Å². The largest absolute Gasteiger partial charge is 0.478 e. The first-order chi connectivity index (χ1) is 18.2. The molecule has 0 heterocycles. The normalized spacial score (nSPS) is 15.5. The van der Waals surface area contributed by atoms with Gasteiger partial charge in [0.2, 0.25) is 11.8 Å². The molecule has 0 aromatic heterocycles. The van der Waals surface area contributed by atoms with E-state index in [0.717, 1.165) is 5.56 Å². The lowest BCUT2D eigenvalue weighted by Crippen LogP contribution is -2.62. The maximum absolute atomic E-state index is 14.0. The zero-order valence-corrected chi connectivity index (χ0v) is 25.7. The third kappa shape index (κ3) is 9.08. The molecule has 40 heavy (non-hydrogen) atoms. The monoisotopic (exact) mass is 561 g/mol. The first-order valence-electron chi connectivity index (χ1n) is 13.4. The number of aliphatic hydroxyl groups excluding tert-OH is 1. The molecular formula is C30H47N3O7. The Kier molecular flexibility index (Phi) is 11.9. The Bertz CT molecular complexity index is 1070. The summed E-state index contributed by atoms with van der Waals surface area (Å²) in [5.41, 5.74) is -0.898. The molecule has 1 aromatic rings. The quantitative estimate of drug-likeness (QED) is 0.351. The van der Waals surface area contributed by atoms with Crippen LogP contribution < -0.4 is 5.32 Å². The zero-order chi connectivity index (χ0) is 31.2. The van der Waals surface area contributed by atoms with E-state index in [1.165, 1.54) is 43.8 Å². The second-order valence-electron chi connectivity index (χ2n) is 12.1. The Balaban J connectivity index is 3.50. The van der Waals surface area contributed by atoms with E-state index >= 15 is 0 Å². The molecule has 3 amide bonds. The number of hydrogen-bond acceptors (Lipinski definition) is 6. The Morgan fingerprint density at radius 3 is 1.90 bits per heavy atom. The topological polar surface area (TPSA) is 136 Å². The fraction of sp³-hybridized carbons (Fsp3) is 0.600. The highest BCUT2D eigenvalue weighted by atomic mass is 16.6. The fourth-order valence-corrected chi connectivity index (χ4v) is 4.52. The summed E-state index contributed by atoms with van der Waals surface area (Å²) in [6.07, 6.45) is -0.532. The summed E-state index contributed by atoms with van der Waals surface area (Å²) in [7, 11) is 2.96. The van der Waals surface area contributed by atoms with Crippen molar-refractivity contribution in [3.8, 4) is 0 Å². The van der Waals surface area contributed by atoms with Gasteiger partial charge in [-0.15, -0.1) is 0 Å². The minimum atomic E-state index is -1.36. The highest BCUT2D eigenvalue weighted by Crippen LogP contribution is 2.31. The summed E-state index contributed by atoms with van der Waals surface area (Å²) in [6.45, 7) is 15.3. The van der Waals surface area contributed by atoms with Crippen molar-refractivity contribution in [1.29, 1.82) is 0 Å². The summed E-state index contributed by atoms with van der Waals surface area (Å²) in [6, 6.07) is 6.10. The maximum atomic E-state index is 14.0. The summed E-state index contributed by atoms with van der Waals surface area (Å²) < 4.78 is 5.54. The Hall–Kier alpha value is -3.40. The number of nitrogens with zero attached hydrogens (tertiary/aromatic N) is 2. The molecule has 0 fully saturated rings. The van der Waals surface area contributed by atoms with Crippen molar-refractivity contribution in [3.63, 3.8) is 0 Å². The van der Waals surface area contributed by atoms with Gasteiger partial charge in [0.05, 0.1) is 12.1 Å². The molecular weight excluding hydrogens is 514 g/mol. The SMILES string of the molecule is CC(=C[C@H](C(C)C)N(C)C(=O)[C@@H](NC(=O)[C@@H](N(C)C(=O)OC(C)(C)C)C(C)(C)c1ccccc1)[C@H](C)O)C(=O)O. The van der Waals surface area contributed by atoms with Gasteiger partial charge in [-0.05, 0) is 46.1 Å². The van der Waals surface area contributed by atoms with E-state index in [9.17, 15) is 29.4 Å². The number of likely N-dealkylation sites (N-methyl/N-ethyl adjacent to an activating group) is 2. The van der Waals surface area contributed by atoms with Gasteiger partial charge in [0.25, 0.3) is 0 Å². The number of nitrogens with one attached hydrogen (secondary N) is 1. The van der Waals surface area contributed by atoms with Gasteiger partial charge in [-0.25, -0.2) is 9.59 Å². The minimum Gasteiger partial charge on any atom is -0.478 e. The van der Waals surface area contributed by atoms with Crippen molar-refractivity contribution in [2.24, 2.45) is 5.92 Å². The lowest BCUT2D eigenvalue weighted by atomic mass is 9.76. The van der Waals surface area contributed by atoms with E-state index in [-0.39, 0.29) is 11.5 Å². The number of carbonyl (C=O) groups is 4. The third-order valence-electron chi connectivity index (χ3n) is 6.80. The molecule has 0 spiro atoms. The number of benzene rings is 1. The van der Waals surface area contributed by atoms with Crippen LogP contribution >= 0.6 is 0 Å². The molecule has 10 heteroatoms. The van der Waals surface area contributed by atoms with Crippen LogP contribution in [-0.4, -0.2) is 87.8 Å². The number of aliphatic carboxylic acids is 1.